The fraction of sp³-hybridized carbons (Fsp3) is 0.417. The van der Waals surface area contributed by atoms with E-state index in [1.54, 1.807) is 12.1 Å². The van der Waals surface area contributed by atoms with Crippen molar-refractivity contribution in [2.75, 3.05) is 18.8 Å². The Balaban J connectivity index is 2.45. The van der Waals surface area contributed by atoms with Crippen molar-refractivity contribution in [2.45, 2.75) is 18.7 Å². The van der Waals surface area contributed by atoms with E-state index >= 15 is 0 Å². The number of carbonyl (C=O) groups excluding carboxylic acids is 1. The molecule has 4 heteroatoms. The summed E-state index contributed by atoms with van der Waals surface area (Å²) < 4.78 is 0. The maximum Gasteiger partial charge on any atom is 0.232 e. The molecule has 16 heavy (non-hydrogen) atoms. The summed E-state index contributed by atoms with van der Waals surface area (Å²) in [4.78, 5) is 14.5. The van der Waals surface area contributed by atoms with Gasteiger partial charge in [-0.1, -0.05) is 0 Å². The van der Waals surface area contributed by atoms with E-state index in [0.717, 1.165) is 18.0 Å². The Morgan fingerprint density at radius 3 is 2.31 bits per heavy atom. The average Bonchev–Trinajstić information content (AvgIpc) is 2.30. The first kappa shape index (κ1) is 12.9. The van der Waals surface area contributed by atoms with E-state index in [-0.39, 0.29) is 11.7 Å². The molecule has 0 saturated carbocycles. The highest BCUT2D eigenvalue weighted by Crippen LogP contribution is 2.20. The second kappa shape index (κ2) is 6.43. The number of carbonyl (C=O) groups is 1. The Kier molecular flexibility index (Phi) is 5.19. The van der Waals surface area contributed by atoms with Crippen molar-refractivity contribution >= 4 is 17.7 Å². The normalized spacial score (nSPS) is 10.1. The standard InChI is InChI=1S/C12H17NO2S/c1-3-13(4-2)12(15)9-16-11-7-5-10(14)6-8-11/h5-8,14H,3-4,9H2,1-2H3. The monoisotopic (exact) mass is 239 g/mol. The molecule has 1 aromatic rings. The molecule has 88 valence electrons. The topological polar surface area (TPSA) is 40.5 Å². The predicted molar refractivity (Wildman–Crippen MR) is 66.8 cm³/mol. The highest BCUT2D eigenvalue weighted by molar-refractivity contribution is 8.00. The molecule has 1 aromatic carbocycles. The number of benzene rings is 1. The fourth-order valence-electron chi connectivity index (χ4n) is 1.36. The second-order valence-electron chi connectivity index (χ2n) is 3.35. The average molecular weight is 239 g/mol. The minimum Gasteiger partial charge on any atom is -0.508 e. The van der Waals surface area contributed by atoms with Gasteiger partial charge in [-0.2, -0.15) is 0 Å². The molecule has 0 atom stereocenters. The SMILES string of the molecule is CCN(CC)C(=O)CSc1ccc(O)cc1. The number of rotatable bonds is 5. The lowest BCUT2D eigenvalue weighted by Gasteiger charge is -2.18. The number of phenols is 1. The summed E-state index contributed by atoms with van der Waals surface area (Å²) >= 11 is 1.49. The van der Waals surface area contributed by atoms with Crippen LogP contribution in [-0.2, 0) is 4.79 Å². The quantitative estimate of drug-likeness (QED) is 0.802. The maximum absolute atomic E-state index is 11.7. The molecular weight excluding hydrogens is 222 g/mol. The highest BCUT2D eigenvalue weighted by Gasteiger charge is 2.09. The molecule has 0 aliphatic carbocycles. The van der Waals surface area contributed by atoms with E-state index in [1.807, 2.05) is 30.9 Å². The highest BCUT2D eigenvalue weighted by atomic mass is 32.2. The van der Waals surface area contributed by atoms with Crippen molar-refractivity contribution in [3.63, 3.8) is 0 Å². The molecule has 0 radical (unpaired) electrons. The summed E-state index contributed by atoms with van der Waals surface area (Å²) in [5, 5.41) is 9.11. The lowest BCUT2D eigenvalue weighted by atomic mass is 10.3. The number of phenolic OH excluding ortho intramolecular Hbond substituents is 1. The number of aromatic hydroxyl groups is 1. The van der Waals surface area contributed by atoms with Crippen LogP contribution in [0, 0.1) is 0 Å². The molecule has 0 aliphatic rings. The van der Waals surface area contributed by atoms with Gasteiger partial charge in [-0.05, 0) is 38.1 Å². The van der Waals surface area contributed by atoms with Crippen LogP contribution < -0.4 is 0 Å². The van der Waals surface area contributed by atoms with E-state index in [0.29, 0.717) is 5.75 Å². The first-order chi connectivity index (χ1) is 7.67. The smallest absolute Gasteiger partial charge is 0.232 e. The van der Waals surface area contributed by atoms with Crippen LogP contribution in [0.4, 0.5) is 0 Å². The largest absolute Gasteiger partial charge is 0.508 e. The molecule has 0 bridgehead atoms. The number of hydrogen-bond acceptors (Lipinski definition) is 3. The predicted octanol–water partition coefficient (Wildman–Crippen LogP) is 2.35. The van der Waals surface area contributed by atoms with Gasteiger partial charge < -0.3 is 10.0 Å². The number of thioether (sulfide) groups is 1. The van der Waals surface area contributed by atoms with Crippen LogP contribution in [0.25, 0.3) is 0 Å². The Bertz CT molecular complexity index is 333. The molecule has 1 rings (SSSR count). The first-order valence-electron chi connectivity index (χ1n) is 5.37. The third-order valence-electron chi connectivity index (χ3n) is 2.32. The van der Waals surface area contributed by atoms with Crippen LogP contribution in [0.5, 0.6) is 5.75 Å². The third-order valence-corrected chi connectivity index (χ3v) is 3.31. The van der Waals surface area contributed by atoms with Crippen LogP contribution >= 0.6 is 11.8 Å². The number of nitrogens with zero attached hydrogens (tertiary/aromatic N) is 1. The van der Waals surface area contributed by atoms with Gasteiger partial charge >= 0.3 is 0 Å². The van der Waals surface area contributed by atoms with Gasteiger partial charge in [0, 0.05) is 18.0 Å². The van der Waals surface area contributed by atoms with E-state index < -0.39 is 0 Å². The van der Waals surface area contributed by atoms with Gasteiger partial charge in [0.05, 0.1) is 5.75 Å². The molecule has 1 amide bonds. The maximum atomic E-state index is 11.7. The van der Waals surface area contributed by atoms with Gasteiger partial charge in [-0.25, -0.2) is 0 Å². The van der Waals surface area contributed by atoms with Gasteiger partial charge in [0.2, 0.25) is 5.91 Å². The van der Waals surface area contributed by atoms with Crippen LogP contribution in [0.2, 0.25) is 0 Å². The minimum absolute atomic E-state index is 0.156. The molecule has 0 aliphatic heterocycles. The van der Waals surface area contributed by atoms with Crippen molar-refractivity contribution in [3.8, 4) is 5.75 Å². The first-order valence-corrected chi connectivity index (χ1v) is 6.35. The summed E-state index contributed by atoms with van der Waals surface area (Å²) in [6.45, 7) is 5.47. The van der Waals surface area contributed by atoms with Gasteiger partial charge in [0.1, 0.15) is 5.75 Å². The van der Waals surface area contributed by atoms with Gasteiger partial charge in [0.25, 0.3) is 0 Å². The van der Waals surface area contributed by atoms with Crippen molar-refractivity contribution in [1.82, 2.24) is 4.90 Å². The van der Waals surface area contributed by atoms with Gasteiger partial charge in [-0.15, -0.1) is 11.8 Å². The molecule has 0 unspecified atom stereocenters. The van der Waals surface area contributed by atoms with Crippen LogP contribution in [0.15, 0.2) is 29.2 Å². The van der Waals surface area contributed by atoms with E-state index in [9.17, 15) is 4.79 Å². The molecule has 0 spiro atoms. The Labute approximate surface area is 100 Å². The lowest BCUT2D eigenvalue weighted by Crippen LogP contribution is -2.31. The van der Waals surface area contributed by atoms with Crippen LogP contribution in [0.3, 0.4) is 0 Å². The summed E-state index contributed by atoms with van der Waals surface area (Å²) in [6.07, 6.45) is 0. The summed E-state index contributed by atoms with van der Waals surface area (Å²) in [5.41, 5.74) is 0. The molecule has 3 nitrogen and oxygen atoms in total. The molecule has 0 fully saturated rings. The second-order valence-corrected chi connectivity index (χ2v) is 4.40. The summed E-state index contributed by atoms with van der Waals surface area (Å²) in [6, 6.07) is 6.89. The molecule has 0 heterocycles. The summed E-state index contributed by atoms with van der Waals surface area (Å²) in [7, 11) is 0. The number of amides is 1. The lowest BCUT2D eigenvalue weighted by molar-refractivity contribution is -0.127. The molecule has 0 saturated heterocycles. The summed E-state index contributed by atoms with van der Waals surface area (Å²) in [5.74, 6) is 0.856. The van der Waals surface area contributed by atoms with E-state index in [1.165, 1.54) is 11.8 Å². The zero-order chi connectivity index (χ0) is 12.0. The van der Waals surface area contributed by atoms with Gasteiger partial charge in [-0.3, -0.25) is 4.79 Å². The van der Waals surface area contributed by atoms with E-state index in [4.69, 9.17) is 5.11 Å². The van der Waals surface area contributed by atoms with Gasteiger partial charge in [0.15, 0.2) is 0 Å². The van der Waals surface area contributed by atoms with E-state index in [2.05, 4.69) is 0 Å². The van der Waals surface area contributed by atoms with Crippen LogP contribution in [0.1, 0.15) is 13.8 Å². The number of hydrogen-bond donors (Lipinski definition) is 1. The zero-order valence-corrected chi connectivity index (χ0v) is 10.5. The fourth-order valence-corrected chi connectivity index (χ4v) is 2.16. The van der Waals surface area contributed by atoms with Crippen molar-refractivity contribution in [3.05, 3.63) is 24.3 Å². The minimum atomic E-state index is 0.156. The van der Waals surface area contributed by atoms with Crippen molar-refractivity contribution in [2.24, 2.45) is 0 Å². The van der Waals surface area contributed by atoms with Crippen molar-refractivity contribution < 1.29 is 9.90 Å². The zero-order valence-electron chi connectivity index (χ0n) is 9.64. The Morgan fingerprint density at radius 2 is 1.81 bits per heavy atom. The Morgan fingerprint density at radius 1 is 1.25 bits per heavy atom. The Hall–Kier alpha value is -1.16. The third kappa shape index (κ3) is 3.77. The molecular formula is C12H17NO2S. The van der Waals surface area contributed by atoms with Crippen molar-refractivity contribution in [1.29, 1.82) is 0 Å². The van der Waals surface area contributed by atoms with Crippen LogP contribution in [-0.4, -0.2) is 34.8 Å². The molecule has 0 aromatic heterocycles. The molecule has 1 N–H and O–H groups in total.